The van der Waals surface area contributed by atoms with Gasteiger partial charge < -0.3 is 15.4 Å². The predicted octanol–water partition coefficient (Wildman–Crippen LogP) is 3.18. The van der Waals surface area contributed by atoms with Crippen LogP contribution >= 0.6 is 11.6 Å². The highest BCUT2D eigenvalue weighted by Crippen LogP contribution is 2.23. The lowest BCUT2D eigenvalue weighted by molar-refractivity contribution is -0.121. The van der Waals surface area contributed by atoms with Gasteiger partial charge in [-0.15, -0.1) is 0 Å². The third-order valence-electron chi connectivity index (χ3n) is 3.49. The lowest BCUT2D eigenvalue weighted by Crippen LogP contribution is -2.35. The van der Waals surface area contributed by atoms with Gasteiger partial charge in [0.15, 0.2) is 0 Å². The SMILES string of the molecule is O=C(CCCOc1ccccc1Cl)NCCNC(=O)c1ccccc1F. The first kappa shape index (κ1) is 19.7. The Balaban J connectivity index is 1.57. The van der Waals surface area contributed by atoms with Crippen molar-refractivity contribution in [3.05, 3.63) is 64.9 Å². The molecule has 2 N–H and O–H groups in total. The minimum absolute atomic E-state index is 0.0180. The van der Waals surface area contributed by atoms with Crippen LogP contribution < -0.4 is 15.4 Å². The van der Waals surface area contributed by atoms with E-state index in [0.717, 1.165) is 0 Å². The van der Waals surface area contributed by atoms with E-state index in [1.807, 2.05) is 12.1 Å². The van der Waals surface area contributed by atoms with Gasteiger partial charge in [-0.25, -0.2) is 4.39 Å². The van der Waals surface area contributed by atoms with Gasteiger partial charge in [0.25, 0.3) is 5.91 Å². The van der Waals surface area contributed by atoms with Crippen LogP contribution in [0.15, 0.2) is 48.5 Å². The van der Waals surface area contributed by atoms with Gasteiger partial charge in [0.1, 0.15) is 11.6 Å². The highest BCUT2D eigenvalue weighted by atomic mass is 35.5. The lowest BCUT2D eigenvalue weighted by Gasteiger charge is -2.09. The van der Waals surface area contributed by atoms with Crippen LogP contribution in [0.1, 0.15) is 23.2 Å². The van der Waals surface area contributed by atoms with Crippen molar-refractivity contribution >= 4 is 23.4 Å². The van der Waals surface area contributed by atoms with Crippen LogP contribution in [0, 0.1) is 5.82 Å². The minimum atomic E-state index is -0.576. The van der Waals surface area contributed by atoms with E-state index in [0.29, 0.717) is 30.2 Å². The second-order valence-electron chi connectivity index (χ2n) is 5.47. The first-order chi connectivity index (χ1) is 12.6. The van der Waals surface area contributed by atoms with E-state index in [2.05, 4.69) is 10.6 Å². The van der Waals surface area contributed by atoms with E-state index >= 15 is 0 Å². The van der Waals surface area contributed by atoms with Crippen LogP contribution in [0.4, 0.5) is 4.39 Å². The Morgan fingerprint density at radius 1 is 1.00 bits per heavy atom. The molecule has 2 aromatic rings. The molecule has 2 aromatic carbocycles. The number of carbonyl (C=O) groups excluding carboxylic acids is 2. The Labute approximate surface area is 156 Å². The molecule has 0 radical (unpaired) electrons. The predicted molar refractivity (Wildman–Crippen MR) is 97.9 cm³/mol. The molecule has 0 unspecified atom stereocenters. The molecule has 26 heavy (non-hydrogen) atoms. The summed E-state index contributed by atoms with van der Waals surface area (Å²) < 4.78 is 18.9. The van der Waals surface area contributed by atoms with Gasteiger partial charge in [-0.2, -0.15) is 0 Å². The highest BCUT2D eigenvalue weighted by Gasteiger charge is 2.10. The van der Waals surface area contributed by atoms with E-state index in [1.54, 1.807) is 18.2 Å². The molecule has 0 atom stereocenters. The van der Waals surface area contributed by atoms with Crippen molar-refractivity contribution in [2.45, 2.75) is 12.8 Å². The topological polar surface area (TPSA) is 67.4 Å². The number of amides is 2. The quantitative estimate of drug-likeness (QED) is 0.658. The molecule has 0 saturated carbocycles. The van der Waals surface area contributed by atoms with E-state index in [4.69, 9.17) is 16.3 Å². The number of rotatable bonds is 9. The summed E-state index contributed by atoms with van der Waals surface area (Å²) in [7, 11) is 0. The van der Waals surface area contributed by atoms with Gasteiger partial charge >= 0.3 is 0 Å². The first-order valence-corrected chi connectivity index (χ1v) is 8.62. The third-order valence-corrected chi connectivity index (χ3v) is 3.81. The molecule has 2 rings (SSSR count). The van der Waals surface area contributed by atoms with E-state index in [1.165, 1.54) is 18.2 Å². The Hall–Kier alpha value is -2.60. The summed E-state index contributed by atoms with van der Waals surface area (Å²) in [5.74, 6) is -0.642. The molecule has 138 valence electrons. The Morgan fingerprint density at radius 2 is 1.69 bits per heavy atom. The van der Waals surface area contributed by atoms with E-state index in [-0.39, 0.29) is 24.6 Å². The lowest BCUT2D eigenvalue weighted by atomic mass is 10.2. The minimum Gasteiger partial charge on any atom is -0.492 e. The van der Waals surface area contributed by atoms with Crippen molar-refractivity contribution < 1.29 is 18.7 Å². The Morgan fingerprint density at radius 3 is 2.46 bits per heavy atom. The standard InChI is InChI=1S/C19H20ClFN2O3/c20-15-7-2-4-9-17(15)26-13-5-10-18(24)22-11-12-23-19(25)14-6-1-3-8-16(14)21/h1-4,6-9H,5,10-13H2,(H,22,24)(H,23,25). The second kappa shape index (κ2) is 10.4. The van der Waals surface area contributed by atoms with E-state index < -0.39 is 11.7 Å². The van der Waals surface area contributed by atoms with Crippen molar-refractivity contribution in [2.24, 2.45) is 0 Å². The number of benzene rings is 2. The van der Waals surface area contributed by atoms with Crippen molar-refractivity contribution in [1.82, 2.24) is 10.6 Å². The monoisotopic (exact) mass is 378 g/mol. The van der Waals surface area contributed by atoms with Crippen LogP contribution in [0.25, 0.3) is 0 Å². The molecule has 5 nitrogen and oxygen atoms in total. The molecule has 0 aliphatic heterocycles. The molecule has 0 aliphatic carbocycles. The zero-order chi connectivity index (χ0) is 18.8. The maximum Gasteiger partial charge on any atom is 0.254 e. The molecule has 0 saturated heterocycles. The number of ether oxygens (including phenoxy) is 1. The number of nitrogens with one attached hydrogen (secondary N) is 2. The van der Waals surface area contributed by atoms with Gasteiger partial charge in [-0.3, -0.25) is 9.59 Å². The smallest absolute Gasteiger partial charge is 0.254 e. The van der Waals surface area contributed by atoms with Crippen LogP contribution in [0.3, 0.4) is 0 Å². The third kappa shape index (κ3) is 6.37. The number of hydrogen-bond acceptors (Lipinski definition) is 3. The largest absolute Gasteiger partial charge is 0.492 e. The molecule has 2 amide bonds. The van der Waals surface area contributed by atoms with Crippen molar-refractivity contribution in [3.8, 4) is 5.75 Å². The zero-order valence-corrected chi connectivity index (χ0v) is 14.9. The summed E-state index contributed by atoms with van der Waals surface area (Å²) >= 11 is 5.97. The first-order valence-electron chi connectivity index (χ1n) is 8.24. The van der Waals surface area contributed by atoms with Crippen molar-refractivity contribution in [3.63, 3.8) is 0 Å². The van der Waals surface area contributed by atoms with Crippen LogP contribution in [-0.4, -0.2) is 31.5 Å². The Kier molecular flexibility index (Phi) is 7.89. The van der Waals surface area contributed by atoms with E-state index in [9.17, 15) is 14.0 Å². The van der Waals surface area contributed by atoms with Crippen LogP contribution in [-0.2, 0) is 4.79 Å². The molecule has 0 bridgehead atoms. The summed E-state index contributed by atoms with van der Waals surface area (Å²) in [6.45, 7) is 0.862. The maximum absolute atomic E-state index is 13.4. The number of halogens is 2. The number of carbonyl (C=O) groups is 2. The van der Waals surface area contributed by atoms with Gasteiger partial charge in [0.05, 0.1) is 17.2 Å². The number of para-hydroxylation sites is 1. The van der Waals surface area contributed by atoms with Crippen LogP contribution in [0.2, 0.25) is 5.02 Å². The Bertz CT molecular complexity index is 755. The van der Waals surface area contributed by atoms with Crippen LogP contribution in [0.5, 0.6) is 5.75 Å². The summed E-state index contributed by atoms with van der Waals surface area (Å²) in [6.07, 6.45) is 0.838. The molecule has 0 heterocycles. The van der Waals surface area contributed by atoms with Gasteiger partial charge in [-0.05, 0) is 30.7 Å². The second-order valence-corrected chi connectivity index (χ2v) is 5.88. The van der Waals surface area contributed by atoms with Crippen molar-refractivity contribution in [1.29, 1.82) is 0 Å². The molecular formula is C19H20ClFN2O3. The normalized spacial score (nSPS) is 10.2. The fraction of sp³-hybridized carbons (Fsp3) is 0.263. The van der Waals surface area contributed by atoms with Gasteiger partial charge in [0.2, 0.25) is 5.91 Å². The maximum atomic E-state index is 13.4. The zero-order valence-electron chi connectivity index (χ0n) is 14.1. The fourth-order valence-electron chi connectivity index (χ4n) is 2.18. The van der Waals surface area contributed by atoms with Gasteiger partial charge in [0, 0.05) is 19.5 Å². The summed E-state index contributed by atoms with van der Waals surface area (Å²) in [5.41, 5.74) is -0.0180. The average molecular weight is 379 g/mol. The number of hydrogen-bond donors (Lipinski definition) is 2. The summed E-state index contributed by atoms with van der Waals surface area (Å²) in [4.78, 5) is 23.5. The highest BCUT2D eigenvalue weighted by molar-refractivity contribution is 6.32. The van der Waals surface area contributed by atoms with Crippen molar-refractivity contribution in [2.75, 3.05) is 19.7 Å². The molecule has 0 spiro atoms. The molecule has 0 aliphatic rings. The summed E-state index contributed by atoms with van der Waals surface area (Å²) in [6, 6.07) is 12.9. The van der Waals surface area contributed by atoms with Gasteiger partial charge in [-0.1, -0.05) is 35.9 Å². The average Bonchev–Trinajstić information content (AvgIpc) is 2.64. The molecule has 0 aromatic heterocycles. The molecule has 0 fully saturated rings. The molecule has 7 heteroatoms. The fourth-order valence-corrected chi connectivity index (χ4v) is 2.37. The summed E-state index contributed by atoms with van der Waals surface area (Å²) in [5, 5.41) is 5.77. The molecular weight excluding hydrogens is 359 g/mol.